The molecule has 0 radical (unpaired) electrons. The van der Waals surface area contributed by atoms with E-state index in [0.717, 1.165) is 0 Å². The van der Waals surface area contributed by atoms with Crippen LogP contribution in [0.15, 0.2) is 36.7 Å². The zero-order chi connectivity index (χ0) is 13.0. The Morgan fingerprint density at radius 2 is 2.11 bits per heavy atom. The van der Waals surface area contributed by atoms with E-state index in [1.54, 1.807) is 24.3 Å². The number of rotatable bonds is 3. The number of carbonyl (C=O) groups excluding carboxylic acids is 1. The number of benzene rings is 1. The van der Waals surface area contributed by atoms with Crippen LogP contribution in [0.1, 0.15) is 16.1 Å². The van der Waals surface area contributed by atoms with E-state index in [0.29, 0.717) is 11.3 Å². The van der Waals surface area contributed by atoms with Gasteiger partial charge in [-0.2, -0.15) is 0 Å². The fraction of sp³-hybridized carbons (Fsp3) is 0.0833. The number of halogens is 1. The van der Waals surface area contributed by atoms with E-state index in [-0.39, 0.29) is 17.5 Å². The summed E-state index contributed by atoms with van der Waals surface area (Å²) in [6.07, 6.45) is 2.67. The molecule has 0 saturated carbocycles. The summed E-state index contributed by atoms with van der Waals surface area (Å²) in [5.41, 5.74) is 1.28. The van der Waals surface area contributed by atoms with E-state index >= 15 is 0 Å². The van der Waals surface area contributed by atoms with Crippen LogP contribution in [0.2, 0.25) is 5.15 Å². The van der Waals surface area contributed by atoms with E-state index in [9.17, 15) is 4.79 Å². The summed E-state index contributed by atoms with van der Waals surface area (Å²) in [5, 5.41) is 11.9. The van der Waals surface area contributed by atoms with Crippen molar-refractivity contribution < 1.29 is 9.90 Å². The van der Waals surface area contributed by atoms with Gasteiger partial charge in [0.2, 0.25) is 0 Å². The van der Waals surface area contributed by atoms with Crippen LogP contribution in [0.3, 0.4) is 0 Å². The lowest BCUT2D eigenvalue weighted by molar-refractivity contribution is 0.102. The highest BCUT2D eigenvalue weighted by molar-refractivity contribution is 6.29. The van der Waals surface area contributed by atoms with Gasteiger partial charge in [0, 0.05) is 11.3 Å². The zero-order valence-corrected chi connectivity index (χ0v) is 10.1. The van der Waals surface area contributed by atoms with Crippen LogP contribution < -0.4 is 5.32 Å². The maximum absolute atomic E-state index is 11.9. The number of anilines is 1. The molecule has 1 heterocycles. The maximum atomic E-state index is 11.9. The molecule has 6 heteroatoms. The fourth-order valence-electron chi connectivity index (χ4n) is 1.42. The minimum Gasteiger partial charge on any atom is -0.392 e. The van der Waals surface area contributed by atoms with Crippen LogP contribution in [0.4, 0.5) is 5.69 Å². The van der Waals surface area contributed by atoms with Crippen LogP contribution in [-0.4, -0.2) is 21.0 Å². The number of carbonyl (C=O) groups is 1. The molecule has 0 saturated heterocycles. The van der Waals surface area contributed by atoms with E-state index in [1.165, 1.54) is 12.4 Å². The lowest BCUT2D eigenvalue weighted by Gasteiger charge is -2.08. The lowest BCUT2D eigenvalue weighted by atomic mass is 10.2. The third-order valence-corrected chi connectivity index (χ3v) is 2.46. The molecular weight excluding hydrogens is 254 g/mol. The first kappa shape index (κ1) is 12.5. The van der Waals surface area contributed by atoms with E-state index in [4.69, 9.17) is 16.7 Å². The molecule has 18 heavy (non-hydrogen) atoms. The van der Waals surface area contributed by atoms with Gasteiger partial charge < -0.3 is 10.4 Å². The third kappa shape index (κ3) is 2.82. The first-order chi connectivity index (χ1) is 8.70. The number of nitrogens with one attached hydrogen (secondary N) is 1. The molecule has 0 fully saturated rings. The molecule has 1 aromatic heterocycles. The van der Waals surface area contributed by atoms with Crippen molar-refractivity contribution in [1.29, 1.82) is 0 Å². The SMILES string of the molecule is O=C(Nc1ccccc1CO)c1cncc(Cl)n1. The molecule has 0 unspecified atom stereocenters. The fourth-order valence-corrected chi connectivity index (χ4v) is 1.57. The number of aliphatic hydroxyl groups is 1. The van der Waals surface area contributed by atoms with Crippen molar-refractivity contribution in [3.8, 4) is 0 Å². The summed E-state index contributed by atoms with van der Waals surface area (Å²) in [4.78, 5) is 19.5. The molecule has 2 N–H and O–H groups in total. The lowest BCUT2D eigenvalue weighted by Crippen LogP contribution is -2.15. The highest BCUT2D eigenvalue weighted by Crippen LogP contribution is 2.15. The van der Waals surface area contributed by atoms with Gasteiger partial charge in [-0.3, -0.25) is 9.78 Å². The van der Waals surface area contributed by atoms with Gasteiger partial charge in [-0.1, -0.05) is 29.8 Å². The predicted molar refractivity (Wildman–Crippen MR) is 67.4 cm³/mol. The smallest absolute Gasteiger partial charge is 0.275 e. The van der Waals surface area contributed by atoms with Gasteiger partial charge >= 0.3 is 0 Å². The topological polar surface area (TPSA) is 75.1 Å². The molecule has 0 aliphatic rings. The summed E-state index contributed by atoms with van der Waals surface area (Å²) in [7, 11) is 0. The molecule has 1 amide bonds. The van der Waals surface area contributed by atoms with Crippen LogP contribution >= 0.6 is 11.6 Å². The van der Waals surface area contributed by atoms with Crippen LogP contribution in [0.5, 0.6) is 0 Å². The van der Waals surface area contributed by atoms with Gasteiger partial charge in [-0.15, -0.1) is 0 Å². The molecule has 0 aliphatic carbocycles. The molecule has 2 aromatic rings. The van der Waals surface area contributed by atoms with Crippen LogP contribution in [0, 0.1) is 0 Å². The second-order valence-corrected chi connectivity index (χ2v) is 3.88. The van der Waals surface area contributed by atoms with Gasteiger partial charge in [0.05, 0.1) is 19.0 Å². The van der Waals surface area contributed by atoms with E-state index < -0.39 is 5.91 Å². The predicted octanol–water partition coefficient (Wildman–Crippen LogP) is 1.87. The molecule has 0 atom stereocenters. The number of aliphatic hydroxyl groups excluding tert-OH is 1. The number of amides is 1. The van der Waals surface area contributed by atoms with Crippen molar-refractivity contribution in [3.63, 3.8) is 0 Å². The summed E-state index contributed by atoms with van der Waals surface area (Å²) in [6, 6.07) is 6.96. The Bertz CT molecular complexity index is 575. The molecule has 5 nitrogen and oxygen atoms in total. The Morgan fingerprint density at radius 3 is 2.83 bits per heavy atom. The minimum absolute atomic E-state index is 0.121. The highest BCUT2D eigenvalue weighted by Gasteiger charge is 2.10. The van der Waals surface area contributed by atoms with Gasteiger partial charge in [0.1, 0.15) is 10.8 Å². The summed E-state index contributed by atoms with van der Waals surface area (Å²) in [6.45, 7) is -0.155. The molecule has 0 bridgehead atoms. The highest BCUT2D eigenvalue weighted by atomic mass is 35.5. The van der Waals surface area contributed by atoms with Crippen molar-refractivity contribution >= 4 is 23.2 Å². The van der Waals surface area contributed by atoms with Crippen molar-refractivity contribution in [2.24, 2.45) is 0 Å². The first-order valence-electron chi connectivity index (χ1n) is 5.18. The Kier molecular flexibility index (Phi) is 3.86. The first-order valence-corrected chi connectivity index (χ1v) is 5.56. The Hall–Kier alpha value is -1.98. The number of aromatic nitrogens is 2. The number of hydrogen-bond donors (Lipinski definition) is 2. The molecule has 92 valence electrons. The normalized spacial score (nSPS) is 10.1. The van der Waals surface area contributed by atoms with Gasteiger partial charge in [0.25, 0.3) is 5.91 Å². The quantitative estimate of drug-likeness (QED) is 0.887. The van der Waals surface area contributed by atoms with Crippen LogP contribution in [-0.2, 0) is 6.61 Å². The monoisotopic (exact) mass is 263 g/mol. The Morgan fingerprint density at radius 1 is 1.33 bits per heavy atom. The molecule has 0 spiro atoms. The Labute approximate surface area is 108 Å². The van der Waals surface area contributed by atoms with Gasteiger partial charge in [-0.25, -0.2) is 4.98 Å². The van der Waals surface area contributed by atoms with Gasteiger partial charge in [-0.05, 0) is 6.07 Å². The molecule has 2 rings (SSSR count). The molecule has 0 aliphatic heterocycles. The number of nitrogens with zero attached hydrogens (tertiary/aromatic N) is 2. The number of hydrogen-bond acceptors (Lipinski definition) is 4. The molecular formula is C12H10ClN3O2. The third-order valence-electron chi connectivity index (χ3n) is 2.27. The second-order valence-electron chi connectivity index (χ2n) is 3.50. The molecule has 1 aromatic carbocycles. The standard InChI is InChI=1S/C12H10ClN3O2/c13-11-6-14-5-10(15-11)12(18)16-9-4-2-1-3-8(9)7-17/h1-6,17H,7H2,(H,16,18). The zero-order valence-electron chi connectivity index (χ0n) is 9.30. The summed E-state index contributed by atoms with van der Waals surface area (Å²) in [5.74, 6) is -0.425. The van der Waals surface area contributed by atoms with Crippen molar-refractivity contribution in [3.05, 3.63) is 53.1 Å². The van der Waals surface area contributed by atoms with E-state index in [2.05, 4.69) is 15.3 Å². The van der Waals surface area contributed by atoms with E-state index in [1.807, 2.05) is 0 Å². The second kappa shape index (κ2) is 5.57. The van der Waals surface area contributed by atoms with Crippen LogP contribution in [0.25, 0.3) is 0 Å². The summed E-state index contributed by atoms with van der Waals surface area (Å²) < 4.78 is 0. The Balaban J connectivity index is 2.21. The largest absolute Gasteiger partial charge is 0.392 e. The maximum Gasteiger partial charge on any atom is 0.275 e. The summed E-state index contributed by atoms with van der Waals surface area (Å²) >= 11 is 5.66. The number of para-hydroxylation sites is 1. The van der Waals surface area contributed by atoms with Crippen molar-refractivity contribution in [1.82, 2.24) is 9.97 Å². The average Bonchev–Trinajstić information content (AvgIpc) is 2.39. The average molecular weight is 264 g/mol. The van der Waals surface area contributed by atoms with Gasteiger partial charge in [0.15, 0.2) is 0 Å². The minimum atomic E-state index is -0.425. The van der Waals surface area contributed by atoms with Crippen molar-refractivity contribution in [2.75, 3.05) is 5.32 Å². The van der Waals surface area contributed by atoms with Crippen molar-refractivity contribution in [2.45, 2.75) is 6.61 Å².